The molecule has 1 aromatic heterocycles. The average molecular weight is 212 g/mol. The second kappa shape index (κ2) is 3.83. The van der Waals surface area contributed by atoms with Crippen molar-refractivity contribution in [3.63, 3.8) is 0 Å². The Kier molecular flexibility index (Phi) is 2.70. The third-order valence-corrected chi connectivity index (χ3v) is 2.70. The Labute approximate surface area is 89.1 Å². The van der Waals surface area contributed by atoms with Gasteiger partial charge < -0.3 is 4.90 Å². The van der Waals surface area contributed by atoms with Crippen LogP contribution in [0.4, 0.5) is 0 Å². The molecule has 14 heavy (non-hydrogen) atoms. The Balaban J connectivity index is 2.32. The van der Waals surface area contributed by atoms with E-state index in [9.17, 15) is 0 Å². The summed E-state index contributed by atoms with van der Waals surface area (Å²) in [4.78, 5) is 10.9. The van der Waals surface area contributed by atoms with Crippen LogP contribution in [0.25, 0.3) is 0 Å². The number of aryl methyl sites for hydroxylation is 1. The largest absolute Gasteiger partial charge is 0.302 e. The quantitative estimate of drug-likeness (QED) is 0.698. The van der Waals surface area contributed by atoms with Gasteiger partial charge in [0.15, 0.2) is 0 Å². The molecule has 2 rings (SSSR count). The van der Waals surface area contributed by atoms with Crippen LogP contribution < -0.4 is 0 Å². The van der Waals surface area contributed by atoms with Crippen LogP contribution in [0.1, 0.15) is 23.5 Å². The monoisotopic (exact) mass is 211 g/mol. The van der Waals surface area contributed by atoms with Crippen molar-refractivity contribution in [3.05, 3.63) is 22.2 Å². The minimum atomic E-state index is 0.657. The second-order valence-electron chi connectivity index (χ2n) is 3.95. The number of aromatic nitrogens is 2. The summed E-state index contributed by atoms with van der Waals surface area (Å²) in [6.45, 7) is 0.757. The summed E-state index contributed by atoms with van der Waals surface area (Å²) in [5.74, 6) is 0.834. The third kappa shape index (κ3) is 1.88. The van der Waals surface area contributed by atoms with Gasteiger partial charge in [-0.05, 0) is 33.4 Å². The van der Waals surface area contributed by atoms with E-state index < -0.39 is 0 Å². The number of fused-ring (bicyclic) bond motifs is 1. The van der Waals surface area contributed by atoms with E-state index in [1.54, 1.807) is 0 Å². The Morgan fingerprint density at radius 2 is 2.07 bits per heavy atom. The molecule has 76 valence electrons. The topological polar surface area (TPSA) is 29.0 Å². The predicted octanol–water partition coefficient (Wildman–Crippen LogP) is 1.68. The van der Waals surface area contributed by atoms with Crippen molar-refractivity contribution in [1.82, 2.24) is 14.9 Å². The first-order valence-electron chi connectivity index (χ1n) is 4.85. The summed E-state index contributed by atoms with van der Waals surface area (Å²) < 4.78 is 0. The summed E-state index contributed by atoms with van der Waals surface area (Å²) in [6, 6.07) is 0. The maximum absolute atomic E-state index is 6.09. The number of rotatable bonds is 2. The van der Waals surface area contributed by atoms with Gasteiger partial charge in [0, 0.05) is 11.3 Å². The molecule has 0 spiro atoms. The van der Waals surface area contributed by atoms with Crippen LogP contribution in [0.15, 0.2) is 0 Å². The zero-order valence-corrected chi connectivity index (χ0v) is 9.30. The fraction of sp³-hybridized carbons (Fsp3) is 0.600. The number of nitrogens with zero attached hydrogens (tertiary/aromatic N) is 3. The van der Waals surface area contributed by atoms with Gasteiger partial charge in [-0.3, -0.25) is 0 Å². The highest BCUT2D eigenvalue weighted by Crippen LogP contribution is 2.25. The molecule has 0 amide bonds. The zero-order valence-electron chi connectivity index (χ0n) is 8.55. The first kappa shape index (κ1) is 9.87. The molecule has 1 aromatic rings. The standard InChI is InChI=1S/C10H14ClN3/c1-14(2)6-9-12-8-5-3-4-7(8)10(11)13-9/h3-6H2,1-2H3. The molecule has 1 aliphatic rings. The van der Waals surface area contributed by atoms with Gasteiger partial charge in [-0.1, -0.05) is 11.6 Å². The minimum Gasteiger partial charge on any atom is -0.302 e. The van der Waals surface area contributed by atoms with Crippen molar-refractivity contribution >= 4 is 11.6 Å². The minimum absolute atomic E-state index is 0.657. The van der Waals surface area contributed by atoms with E-state index in [2.05, 4.69) is 9.97 Å². The van der Waals surface area contributed by atoms with Gasteiger partial charge in [-0.25, -0.2) is 9.97 Å². The van der Waals surface area contributed by atoms with Crippen LogP contribution in [0.2, 0.25) is 5.15 Å². The van der Waals surface area contributed by atoms with Gasteiger partial charge in [-0.15, -0.1) is 0 Å². The highest BCUT2D eigenvalue weighted by molar-refractivity contribution is 6.30. The van der Waals surface area contributed by atoms with Crippen LogP contribution in [-0.2, 0) is 19.4 Å². The molecule has 0 atom stereocenters. The average Bonchev–Trinajstić information content (AvgIpc) is 2.50. The highest BCUT2D eigenvalue weighted by Gasteiger charge is 2.17. The lowest BCUT2D eigenvalue weighted by Gasteiger charge is -2.10. The fourth-order valence-electron chi connectivity index (χ4n) is 1.79. The van der Waals surface area contributed by atoms with Crippen molar-refractivity contribution in [2.24, 2.45) is 0 Å². The molecular weight excluding hydrogens is 198 g/mol. The zero-order chi connectivity index (χ0) is 10.1. The van der Waals surface area contributed by atoms with Crippen LogP contribution in [0, 0.1) is 0 Å². The Morgan fingerprint density at radius 1 is 1.29 bits per heavy atom. The summed E-state index contributed by atoms with van der Waals surface area (Å²) in [6.07, 6.45) is 3.25. The molecule has 1 heterocycles. The molecule has 0 saturated carbocycles. The molecule has 0 aromatic carbocycles. The van der Waals surface area contributed by atoms with Crippen molar-refractivity contribution in [2.45, 2.75) is 25.8 Å². The van der Waals surface area contributed by atoms with Crippen LogP contribution in [-0.4, -0.2) is 29.0 Å². The van der Waals surface area contributed by atoms with E-state index in [-0.39, 0.29) is 0 Å². The normalized spacial score (nSPS) is 14.9. The van der Waals surface area contributed by atoms with E-state index in [0.717, 1.165) is 42.9 Å². The van der Waals surface area contributed by atoms with E-state index in [1.807, 2.05) is 19.0 Å². The number of hydrogen-bond donors (Lipinski definition) is 0. The maximum atomic E-state index is 6.09. The van der Waals surface area contributed by atoms with Gasteiger partial charge in [0.05, 0.1) is 6.54 Å². The van der Waals surface area contributed by atoms with Gasteiger partial charge in [0.25, 0.3) is 0 Å². The van der Waals surface area contributed by atoms with Gasteiger partial charge in [0.2, 0.25) is 0 Å². The van der Waals surface area contributed by atoms with E-state index in [0.29, 0.717) is 5.15 Å². The Bertz CT molecular complexity index is 349. The van der Waals surface area contributed by atoms with Crippen LogP contribution in [0.5, 0.6) is 0 Å². The fourth-order valence-corrected chi connectivity index (χ4v) is 2.09. The lowest BCUT2D eigenvalue weighted by Crippen LogP contribution is -2.14. The lowest BCUT2D eigenvalue weighted by atomic mass is 10.3. The lowest BCUT2D eigenvalue weighted by molar-refractivity contribution is 0.389. The van der Waals surface area contributed by atoms with Gasteiger partial charge in [0.1, 0.15) is 11.0 Å². The van der Waals surface area contributed by atoms with Crippen molar-refractivity contribution in [3.8, 4) is 0 Å². The molecule has 0 aliphatic heterocycles. The van der Waals surface area contributed by atoms with Crippen molar-refractivity contribution < 1.29 is 0 Å². The van der Waals surface area contributed by atoms with Crippen molar-refractivity contribution in [1.29, 1.82) is 0 Å². The van der Waals surface area contributed by atoms with Gasteiger partial charge >= 0.3 is 0 Å². The second-order valence-corrected chi connectivity index (χ2v) is 4.31. The number of hydrogen-bond acceptors (Lipinski definition) is 3. The molecule has 0 N–H and O–H groups in total. The van der Waals surface area contributed by atoms with E-state index >= 15 is 0 Å². The van der Waals surface area contributed by atoms with E-state index in [4.69, 9.17) is 11.6 Å². The molecule has 0 unspecified atom stereocenters. The highest BCUT2D eigenvalue weighted by atomic mass is 35.5. The predicted molar refractivity (Wildman–Crippen MR) is 56.5 cm³/mol. The molecule has 3 nitrogen and oxygen atoms in total. The van der Waals surface area contributed by atoms with Crippen LogP contribution in [0.3, 0.4) is 0 Å². The number of halogens is 1. The van der Waals surface area contributed by atoms with E-state index in [1.165, 1.54) is 0 Å². The van der Waals surface area contributed by atoms with Gasteiger partial charge in [-0.2, -0.15) is 0 Å². The third-order valence-electron chi connectivity index (χ3n) is 2.39. The summed E-state index contributed by atoms with van der Waals surface area (Å²) in [5.41, 5.74) is 2.32. The Hall–Kier alpha value is -0.670. The molecule has 1 aliphatic carbocycles. The summed E-state index contributed by atoms with van der Waals surface area (Å²) in [5, 5.41) is 0.657. The Morgan fingerprint density at radius 3 is 2.79 bits per heavy atom. The molecular formula is C10H14ClN3. The first-order chi connectivity index (χ1) is 6.66. The maximum Gasteiger partial charge on any atom is 0.144 e. The summed E-state index contributed by atoms with van der Waals surface area (Å²) >= 11 is 6.09. The molecule has 0 bridgehead atoms. The summed E-state index contributed by atoms with van der Waals surface area (Å²) in [7, 11) is 4.01. The van der Waals surface area contributed by atoms with Crippen molar-refractivity contribution in [2.75, 3.05) is 14.1 Å². The SMILES string of the molecule is CN(C)Cc1nc(Cl)c2c(n1)CCC2. The molecule has 0 saturated heterocycles. The first-order valence-corrected chi connectivity index (χ1v) is 5.23. The smallest absolute Gasteiger partial charge is 0.144 e. The molecule has 0 radical (unpaired) electrons. The van der Waals surface area contributed by atoms with Crippen LogP contribution >= 0.6 is 11.6 Å². The molecule has 0 fully saturated rings. The molecule has 4 heteroatoms.